The molecule has 5 rings (SSSR count). The number of anilines is 1. The zero-order valence-electron chi connectivity index (χ0n) is 15.1. The second kappa shape index (κ2) is 7.01. The Morgan fingerprint density at radius 3 is 2.86 bits per heavy atom. The van der Waals surface area contributed by atoms with Crippen molar-refractivity contribution in [3.63, 3.8) is 0 Å². The Balaban J connectivity index is 1.66. The van der Waals surface area contributed by atoms with Gasteiger partial charge in [-0.2, -0.15) is 22.6 Å². The van der Waals surface area contributed by atoms with Crippen LogP contribution >= 0.6 is 24.2 Å². The Labute approximate surface area is 176 Å². The molecular weight excluding hydrogens is 414 g/mol. The lowest BCUT2D eigenvalue weighted by atomic mass is 9.94. The molecular formula is C19H16ClN5O3S. The number of nitrogens with zero attached hydrogens (tertiary/aromatic N) is 3. The normalized spacial score (nSPS) is 19.1. The molecule has 8 nitrogen and oxygen atoms in total. The van der Waals surface area contributed by atoms with Crippen LogP contribution in [0.4, 0.5) is 10.7 Å². The van der Waals surface area contributed by atoms with Crippen LogP contribution in [0.15, 0.2) is 24.3 Å². The Bertz CT molecular complexity index is 1160. The number of cyclic esters (lactones) is 1. The van der Waals surface area contributed by atoms with Crippen LogP contribution in [-0.2, 0) is 22.7 Å². The minimum atomic E-state index is -0.565. The van der Waals surface area contributed by atoms with Crippen molar-refractivity contribution in [1.82, 2.24) is 20.3 Å². The van der Waals surface area contributed by atoms with Gasteiger partial charge in [-0.15, -0.1) is 0 Å². The number of ether oxygens (including phenoxy) is 2. The van der Waals surface area contributed by atoms with E-state index in [4.69, 9.17) is 26.8 Å². The number of hydrogen-bond donors (Lipinski definition) is 3. The number of amides is 1. The molecule has 2 atom stereocenters. The Hall–Kier alpha value is -2.62. The van der Waals surface area contributed by atoms with Gasteiger partial charge in [-0.05, 0) is 28.0 Å². The van der Waals surface area contributed by atoms with Gasteiger partial charge in [0.15, 0.2) is 11.6 Å². The molecule has 148 valence electrons. The van der Waals surface area contributed by atoms with E-state index in [0.29, 0.717) is 42.0 Å². The first kappa shape index (κ1) is 18.4. The minimum absolute atomic E-state index is 0.0428. The molecule has 0 spiro atoms. The lowest BCUT2D eigenvalue weighted by Crippen LogP contribution is -2.22. The fourth-order valence-electron chi connectivity index (χ4n) is 3.75. The molecule has 2 aliphatic heterocycles. The topological polar surface area (TPSA) is 112 Å². The van der Waals surface area contributed by atoms with E-state index < -0.39 is 17.4 Å². The Morgan fingerprint density at radius 2 is 2.07 bits per heavy atom. The van der Waals surface area contributed by atoms with Crippen LogP contribution < -0.4 is 11.1 Å². The number of carbonyl (C=O) groups is 1. The van der Waals surface area contributed by atoms with Crippen molar-refractivity contribution in [2.75, 3.05) is 12.3 Å². The number of nitrogens with one attached hydrogen (secondary N) is 1. The lowest BCUT2D eigenvalue weighted by molar-refractivity contribution is 0.103. The molecule has 0 saturated carbocycles. The van der Waals surface area contributed by atoms with Crippen molar-refractivity contribution in [3.8, 4) is 11.4 Å². The molecule has 2 aliphatic rings. The van der Waals surface area contributed by atoms with Crippen LogP contribution in [0, 0.1) is 0 Å². The van der Waals surface area contributed by atoms with Crippen LogP contribution in [0.2, 0.25) is 5.02 Å². The molecule has 3 aromatic rings. The largest absolute Gasteiger partial charge is 0.443 e. The number of halogens is 1. The maximum atomic E-state index is 11.4. The van der Waals surface area contributed by atoms with Crippen molar-refractivity contribution < 1.29 is 14.3 Å². The standard InChI is InChI=1S/C19H16ClN5O3S/c20-11-4-9-7-27-6-8-2-1-3-10(13(8)9)14(11)16-23-17(25-18(21)24-16)15(29)12-5-22-19(26)28-12/h1-4,12,15,29H,5-7H2,(H,22,26)(H2,21,23,24,25). The molecule has 1 amide bonds. The molecule has 1 fully saturated rings. The maximum absolute atomic E-state index is 11.4. The van der Waals surface area contributed by atoms with E-state index in [9.17, 15) is 4.79 Å². The van der Waals surface area contributed by atoms with Crippen molar-refractivity contribution in [2.45, 2.75) is 24.6 Å². The molecule has 10 heteroatoms. The van der Waals surface area contributed by atoms with Crippen LogP contribution in [0.3, 0.4) is 0 Å². The van der Waals surface area contributed by atoms with E-state index in [0.717, 1.165) is 21.9 Å². The number of aromatic nitrogens is 3. The van der Waals surface area contributed by atoms with Crippen molar-refractivity contribution >= 4 is 47.0 Å². The number of alkyl carbamates (subject to hydrolysis) is 1. The van der Waals surface area contributed by atoms with Gasteiger partial charge in [0.1, 0.15) is 11.4 Å². The predicted octanol–water partition coefficient (Wildman–Crippen LogP) is 3.04. The van der Waals surface area contributed by atoms with Gasteiger partial charge in [-0.3, -0.25) is 0 Å². The van der Waals surface area contributed by atoms with Crippen molar-refractivity contribution in [1.29, 1.82) is 0 Å². The molecule has 3 heterocycles. The fourth-order valence-corrected chi connectivity index (χ4v) is 4.35. The third kappa shape index (κ3) is 3.15. The van der Waals surface area contributed by atoms with Crippen molar-refractivity contribution in [2.24, 2.45) is 0 Å². The minimum Gasteiger partial charge on any atom is -0.443 e. The summed E-state index contributed by atoms with van der Waals surface area (Å²) in [5.74, 6) is 0.711. The highest BCUT2D eigenvalue weighted by Crippen LogP contribution is 2.40. The molecule has 29 heavy (non-hydrogen) atoms. The van der Waals surface area contributed by atoms with E-state index >= 15 is 0 Å². The highest BCUT2D eigenvalue weighted by Gasteiger charge is 2.32. The predicted molar refractivity (Wildman–Crippen MR) is 111 cm³/mol. The zero-order valence-corrected chi connectivity index (χ0v) is 16.7. The number of carbonyl (C=O) groups excluding carboxylic acids is 1. The molecule has 2 aromatic carbocycles. The molecule has 3 N–H and O–H groups in total. The average molecular weight is 430 g/mol. The summed E-state index contributed by atoms with van der Waals surface area (Å²) in [5.41, 5.74) is 8.75. The average Bonchev–Trinajstić information content (AvgIpc) is 3.13. The Morgan fingerprint density at radius 1 is 1.24 bits per heavy atom. The van der Waals surface area contributed by atoms with Gasteiger partial charge in [-0.1, -0.05) is 29.8 Å². The second-order valence-electron chi connectivity index (χ2n) is 6.87. The summed E-state index contributed by atoms with van der Waals surface area (Å²) in [6.07, 6.45) is -1.01. The van der Waals surface area contributed by atoms with Gasteiger partial charge in [0, 0.05) is 5.56 Å². The number of hydrogen-bond acceptors (Lipinski definition) is 8. The Kier molecular flexibility index (Phi) is 4.45. The van der Waals surface area contributed by atoms with Gasteiger partial charge in [0.25, 0.3) is 0 Å². The second-order valence-corrected chi connectivity index (χ2v) is 7.83. The number of nitrogen functional groups attached to an aromatic ring is 1. The summed E-state index contributed by atoms with van der Waals surface area (Å²) in [6, 6.07) is 7.84. The molecule has 1 saturated heterocycles. The zero-order chi connectivity index (χ0) is 20.1. The summed E-state index contributed by atoms with van der Waals surface area (Å²) in [5, 5.41) is 4.54. The molecule has 1 aromatic heterocycles. The summed E-state index contributed by atoms with van der Waals surface area (Å²) in [4.78, 5) is 24.5. The van der Waals surface area contributed by atoms with E-state index in [1.165, 1.54) is 0 Å². The van der Waals surface area contributed by atoms with Gasteiger partial charge >= 0.3 is 6.09 Å². The van der Waals surface area contributed by atoms with Crippen LogP contribution in [-0.4, -0.2) is 33.7 Å². The van der Waals surface area contributed by atoms with Gasteiger partial charge in [0.05, 0.1) is 24.8 Å². The van der Waals surface area contributed by atoms with E-state index in [1.54, 1.807) is 0 Å². The number of nitrogens with two attached hydrogens (primary N) is 1. The maximum Gasteiger partial charge on any atom is 0.407 e. The molecule has 0 bridgehead atoms. The number of rotatable bonds is 3. The van der Waals surface area contributed by atoms with Gasteiger partial charge in [0.2, 0.25) is 5.95 Å². The smallest absolute Gasteiger partial charge is 0.407 e. The van der Waals surface area contributed by atoms with Gasteiger partial charge < -0.3 is 20.5 Å². The van der Waals surface area contributed by atoms with Crippen LogP contribution in [0.25, 0.3) is 22.2 Å². The molecule has 0 radical (unpaired) electrons. The highest BCUT2D eigenvalue weighted by molar-refractivity contribution is 7.80. The first-order valence-electron chi connectivity index (χ1n) is 8.96. The fraction of sp³-hybridized carbons (Fsp3) is 0.263. The molecule has 0 aliphatic carbocycles. The van der Waals surface area contributed by atoms with Crippen LogP contribution in [0.5, 0.6) is 0 Å². The van der Waals surface area contributed by atoms with Gasteiger partial charge in [-0.25, -0.2) is 9.78 Å². The first-order chi connectivity index (χ1) is 14.0. The summed E-state index contributed by atoms with van der Waals surface area (Å²) < 4.78 is 10.8. The molecule has 2 unspecified atom stereocenters. The van der Waals surface area contributed by atoms with E-state index in [1.807, 2.05) is 24.3 Å². The van der Waals surface area contributed by atoms with Crippen LogP contribution in [0.1, 0.15) is 22.2 Å². The van der Waals surface area contributed by atoms with Crippen molar-refractivity contribution in [3.05, 3.63) is 46.2 Å². The summed E-state index contributed by atoms with van der Waals surface area (Å²) in [6.45, 7) is 1.35. The third-order valence-electron chi connectivity index (χ3n) is 5.01. The monoisotopic (exact) mass is 429 g/mol. The quantitative estimate of drug-likeness (QED) is 0.548. The van der Waals surface area contributed by atoms with E-state index in [2.05, 4.69) is 32.9 Å². The highest BCUT2D eigenvalue weighted by atomic mass is 35.5. The summed E-state index contributed by atoms with van der Waals surface area (Å²) in [7, 11) is 0. The lowest BCUT2D eigenvalue weighted by Gasteiger charge is -2.21. The SMILES string of the molecule is Nc1nc(-c2c(Cl)cc3c4c(cccc24)COC3)nc(C(S)C2CNC(=O)O2)n1. The number of benzene rings is 2. The van der Waals surface area contributed by atoms with E-state index in [-0.39, 0.29) is 5.95 Å². The number of thiol groups is 1. The third-order valence-corrected chi connectivity index (χ3v) is 5.87. The first-order valence-corrected chi connectivity index (χ1v) is 9.86. The summed E-state index contributed by atoms with van der Waals surface area (Å²) >= 11 is 11.2.